The number of carbonyl (C=O) groups excluding carboxylic acids is 1. The molecule has 1 amide bonds. The number of hydrogen-bond acceptors (Lipinski definition) is 3. The number of hydrogen-bond donors (Lipinski definition) is 2. The number of aromatic nitrogens is 2. The monoisotopic (exact) mass is 224 g/mol. The fourth-order valence-corrected chi connectivity index (χ4v) is 1.45. The van der Waals surface area contributed by atoms with Crippen molar-refractivity contribution in [3.8, 4) is 0 Å². The van der Waals surface area contributed by atoms with E-state index in [4.69, 9.17) is 0 Å². The fraction of sp³-hybridized carbons (Fsp3) is 0.636. The van der Waals surface area contributed by atoms with E-state index in [1.807, 2.05) is 11.7 Å². The molecule has 0 aliphatic rings. The molecule has 0 aliphatic heterocycles. The summed E-state index contributed by atoms with van der Waals surface area (Å²) in [5, 5.41) is 10.2. The second-order valence-electron chi connectivity index (χ2n) is 3.70. The highest BCUT2D eigenvalue weighted by atomic mass is 16.1. The number of nitrogens with one attached hydrogen (secondary N) is 2. The van der Waals surface area contributed by atoms with Gasteiger partial charge in [-0.05, 0) is 12.5 Å². The number of nitrogens with zero attached hydrogens (tertiary/aromatic N) is 2. The van der Waals surface area contributed by atoms with Crippen LogP contribution in [-0.4, -0.2) is 29.3 Å². The quantitative estimate of drug-likeness (QED) is 0.679. The lowest BCUT2D eigenvalue weighted by Gasteiger charge is -2.04. The smallest absolute Gasteiger partial charge is 0.221 e. The van der Waals surface area contributed by atoms with Gasteiger partial charge in [0.25, 0.3) is 0 Å². The molecule has 0 unspecified atom stereocenters. The molecule has 0 spiro atoms. The van der Waals surface area contributed by atoms with Crippen LogP contribution in [0.15, 0.2) is 6.07 Å². The second-order valence-corrected chi connectivity index (χ2v) is 3.70. The first-order valence-electron chi connectivity index (χ1n) is 5.60. The minimum atomic E-state index is 0.0618. The van der Waals surface area contributed by atoms with Crippen molar-refractivity contribution in [2.45, 2.75) is 26.3 Å². The number of aryl methyl sites for hydroxylation is 2. The third-order valence-corrected chi connectivity index (χ3v) is 2.50. The summed E-state index contributed by atoms with van der Waals surface area (Å²) in [6.07, 6.45) is 1.46. The van der Waals surface area contributed by atoms with Crippen LogP contribution < -0.4 is 10.6 Å². The minimum absolute atomic E-state index is 0.0618. The van der Waals surface area contributed by atoms with Crippen molar-refractivity contribution in [2.75, 3.05) is 13.6 Å². The molecule has 1 heterocycles. The van der Waals surface area contributed by atoms with Gasteiger partial charge in [-0.15, -0.1) is 0 Å². The van der Waals surface area contributed by atoms with E-state index >= 15 is 0 Å². The molecule has 2 N–H and O–H groups in total. The Hall–Kier alpha value is -1.36. The van der Waals surface area contributed by atoms with Gasteiger partial charge >= 0.3 is 0 Å². The van der Waals surface area contributed by atoms with E-state index in [1.54, 1.807) is 7.05 Å². The van der Waals surface area contributed by atoms with Crippen LogP contribution in [-0.2, 0) is 24.8 Å². The van der Waals surface area contributed by atoms with E-state index in [0.29, 0.717) is 13.0 Å². The van der Waals surface area contributed by atoms with E-state index in [2.05, 4.69) is 28.7 Å². The molecule has 0 aliphatic carbocycles. The largest absolute Gasteiger partial charge is 0.359 e. The van der Waals surface area contributed by atoms with Gasteiger partial charge in [0.2, 0.25) is 5.91 Å². The van der Waals surface area contributed by atoms with Crippen LogP contribution in [0.1, 0.15) is 24.7 Å². The Balaban J connectivity index is 2.31. The third-order valence-electron chi connectivity index (χ3n) is 2.50. The summed E-state index contributed by atoms with van der Waals surface area (Å²) in [4.78, 5) is 11.0. The van der Waals surface area contributed by atoms with E-state index in [-0.39, 0.29) is 5.91 Å². The van der Waals surface area contributed by atoms with Crippen molar-refractivity contribution >= 4 is 5.91 Å². The fourth-order valence-electron chi connectivity index (χ4n) is 1.45. The Bertz CT molecular complexity index is 346. The van der Waals surface area contributed by atoms with Crippen LogP contribution >= 0.6 is 0 Å². The van der Waals surface area contributed by atoms with Crippen LogP contribution in [0.4, 0.5) is 0 Å². The van der Waals surface area contributed by atoms with Crippen LogP contribution in [0.25, 0.3) is 0 Å². The first kappa shape index (κ1) is 12.7. The summed E-state index contributed by atoms with van der Waals surface area (Å²) < 4.78 is 1.88. The zero-order chi connectivity index (χ0) is 12.0. The lowest BCUT2D eigenvalue weighted by atomic mass is 10.3. The third kappa shape index (κ3) is 3.66. The van der Waals surface area contributed by atoms with Crippen LogP contribution in [0.3, 0.4) is 0 Å². The van der Waals surface area contributed by atoms with Gasteiger partial charge in [-0.25, -0.2) is 0 Å². The molecule has 0 aromatic carbocycles. The minimum Gasteiger partial charge on any atom is -0.359 e. The summed E-state index contributed by atoms with van der Waals surface area (Å²) in [6, 6.07) is 2.09. The van der Waals surface area contributed by atoms with Crippen molar-refractivity contribution in [1.82, 2.24) is 20.4 Å². The normalized spacial score (nSPS) is 10.4. The zero-order valence-electron chi connectivity index (χ0n) is 10.2. The average molecular weight is 224 g/mol. The van der Waals surface area contributed by atoms with Crippen molar-refractivity contribution in [2.24, 2.45) is 7.05 Å². The highest BCUT2D eigenvalue weighted by molar-refractivity contribution is 5.75. The molecule has 1 aromatic heterocycles. The molecule has 5 nitrogen and oxygen atoms in total. The van der Waals surface area contributed by atoms with E-state index < -0.39 is 0 Å². The maximum Gasteiger partial charge on any atom is 0.221 e. The molecule has 0 radical (unpaired) electrons. The average Bonchev–Trinajstić information content (AvgIpc) is 2.65. The molecule has 1 rings (SSSR count). The van der Waals surface area contributed by atoms with Gasteiger partial charge in [-0.3, -0.25) is 9.48 Å². The Morgan fingerprint density at radius 3 is 2.88 bits per heavy atom. The van der Waals surface area contributed by atoms with Crippen molar-refractivity contribution in [3.63, 3.8) is 0 Å². The molecular formula is C11H20N4O. The van der Waals surface area contributed by atoms with Gasteiger partial charge in [0.05, 0.1) is 11.4 Å². The van der Waals surface area contributed by atoms with Gasteiger partial charge in [0.1, 0.15) is 0 Å². The van der Waals surface area contributed by atoms with Gasteiger partial charge in [-0.2, -0.15) is 5.10 Å². The summed E-state index contributed by atoms with van der Waals surface area (Å²) in [7, 11) is 3.59. The van der Waals surface area contributed by atoms with E-state index in [9.17, 15) is 4.79 Å². The van der Waals surface area contributed by atoms with Crippen molar-refractivity contribution in [3.05, 3.63) is 17.5 Å². The van der Waals surface area contributed by atoms with Crippen molar-refractivity contribution < 1.29 is 4.79 Å². The number of carbonyl (C=O) groups is 1. The predicted octanol–water partition coefficient (Wildman–Crippen LogP) is 0.208. The van der Waals surface area contributed by atoms with Crippen LogP contribution in [0.5, 0.6) is 0 Å². The molecule has 5 heteroatoms. The Labute approximate surface area is 96.2 Å². The van der Waals surface area contributed by atoms with Gasteiger partial charge < -0.3 is 10.6 Å². The molecule has 16 heavy (non-hydrogen) atoms. The van der Waals surface area contributed by atoms with Gasteiger partial charge in [0, 0.05) is 33.6 Å². The van der Waals surface area contributed by atoms with Crippen LogP contribution in [0.2, 0.25) is 0 Å². The summed E-state index contributed by atoms with van der Waals surface area (Å²) in [5.41, 5.74) is 2.25. The summed E-state index contributed by atoms with van der Waals surface area (Å²) in [5.74, 6) is 0.0618. The lowest BCUT2D eigenvalue weighted by molar-refractivity contribution is -0.120. The molecule has 0 bridgehead atoms. The first-order valence-corrected chi connectivity index (χ1v) is 5.60. The highest BCUT2D eigenvalue weighted by Gasteiger charge is 2.03. The standard InChI is InChI=1S/C11H20N4O/c1-4-9-7-10(15(3)14-9)8-13-6-5-11(16)12-2/h7,13H,4-6,8H2,1-3H3,(H,12,16). The van der Waals surface area contributed by atoms with E-state index in [0.717, 1.165) is 24.4 Å². The number of amides is 1. The zero-order valence-corrected chi connectivity index (χ0v) is 10.2. The van der Waals surface area contributed by atoms with Crippen LogP contribution in [0, 0.1) is 0 Å². The second kappa shape index (κ2) is 6.27. The maximum atomic E-state index is 11.0. The van der Waals surface area contributed by atoms with Gasteiger partial charge in [-0.1, -0.05) is 6.92 Å². The molecule has 90 valence electrons. The topological polar surface area (TPSA) is 59.0 Å². The van der Waals surface area contributed by atoms with Crippen molar-refractivity contribution in [1.29, 1.82) is 0 Å². The lowest BCUT2D eigenvalue weighted by Crippen LogP contribution is -2.25. The number of rotatable bonds is 6. The summed E-state index contributed by atoms with van der Waals surface area (Å²) >= 11 is 0. The molecular weight excluding hydrogens is 204 g/mol. The molecule has 0 saturated carbocycles. The Morgan fingerprint density at radius 2 is 2.31 bits per heavy atom. The molecule has 0 saturated heterocycles. The molecule has 0 fully saturated rings. The van der Waals surface area contributed by atoms with E-state index in [1.165, 1.54) is 0 Å². The highest BCUT2D eigenvalue weighted by Crippen LogP contribution is 2.03. The maximum absolute atomic E-state index is 11.0. The first-order chi connectivity index (χ1) is 7.67. The molecule has 1 aromatic rings. The van der Waals surface area contributed by atoms with Gasteiger partial charge in [0.15, 0.2) is 0 Å². The Kier molecular flexibility index (Phi) is 4.98. The SMILES string of the molecule is CCc1cc(CNCCC(=O)NC)n(C)n1. The Morgan fingerprint density at radius 1 is 1.56 bits per heavy atom. The summed E-state index contributed by atoms with van der Waals surface area (Å²) in [6.45, 7) is 3.53. The predicted molar refractivity (Wildman–Crippen MR) is 63.0 cm³/mol. The molecule has 0 atom stereocenters.